The van der Waals surface area contributed by atoms with E-state index in [0.29, 0.717) is 17.8 Å². The Morgan fingerprint density at radius 3 is 2.46 bits per heavy atom. The second kappa shape index (κ2) is 7.61. The van der Waals surface area contributed by atoms with Gasteiger partial charge in [-0.05, 0) is 55.0 Å². The molecule has 0 saturated heterocycles. The minimum absolute atomic E-state index is 0.162. The number of fused-ring (bicyclic) bond motifs is 1. The molecule has 4 heteroatoms. The number of hydrogen-bond acceptors (Lipinski definition) is 2. The second-order valence-electron chi connectivity index (χ2n) is 6.75. The van der Waals surface area contributed by atoms with Crippen LogP contribution >= 0.6 is 0 Å². The van der Waals surface area contributed by atoms with Gasteiger partial charge in [0.25, 0.3) is 5.91 Å². The number of halogens is 1. The number of rotatable bonds is 4. The van der Waals surface area contributed by atoms with E-state index in [4.69, 9.17) is 0 Å². The molecule has 0 atom stereocenters. The lowest BCUT2D eigenvalue weighted by Gasteiger charge is -2.11. The number of aromatic nitrogens is 1. The van der Waals surface area contributed by atoms with Crippen molar-refractivity contribution in [2.24, 2.45) is 0 Å². The zero-order valence-corrected chi connectivity index (χ0v) is 15.4. The van der Waals surface area contributed by atoms with Crippen molar-refractivity contribution in [2.45, 2.75) is 13.5 Å². The molecule has 4 aromatic rings. The molecule has 0 radical (unpaired) electrons. The van der Waals surface area contributed by atoms with Gasteiger partial charge >= 0.3 is 0 Å². The molecule has 138 valence electrons. The maximum atomic E-state index is 13.3. The lowest BCUT2D eigenvalue weighted by atomic mass is 10.0. The second-order valence-corrected chi connectivity index (χ2v) is 6.75. The zero-order chi connectivity index (χ0) is 19.5. The topological polar surface area (TPSA) is 42.0 Å². The van der Waals surface area contributed by atoms with Crippen LogP contribution in [0.5, 0.6) is 0 Å². The monoisotopic (exact) mass is 370 g/mol. The third kappa shape index (κ3) is 3.76. The van der Waals surface area contributed by atoms with Gasteiger partial charge in [0.2, 0.25) is 0 Å². The molecule has 3 aromatic carbocycles. The fourth-order valence-electron chi connectivity index (χ4n) is 3.17. The van der Waals surface area contributed by atoms with E-state index in [9.17, 15) is 9.18 Å². The van der Waals surface area contributed by atoms with Gasteiger partial charge in [-0.15, -0.1) is 0 Å². The van der Waals surface area contributed by atoms with Gasteiger partial charge in [-0.3, -0.25) is 4.79 Å². The Labute approximate surface area is 162 Å². The van der Waals surface area contributed by atoms with Crippen molar-refractivity contribution in [1.29, 1.82) is 0 Å². The van der Waals surface area contributed by atoms with Gasteiger partial charge in [0, 0.05) is 17.5 Å². The molecule has 0 aliphatic carbocycles. The van der Waals surface area contributed by atoms with Crippen molar-refractivity contribution in [3.8, 4) is 11.3 Å². The van der Waals surface area contributed by atoms with Gasteiger partial charge in [0.1, 0.15) is 5.82 Å². The van der Waals surface area contributed by atoms with Crippen molar-refractivity contribution in [3.63, 3.8) is 0 Å². The van der Waals surface area contributed by atoms with Gasteiger partial charge < -0.3 is 5.32 Å². The molecule has 1 N–H and O–H groups in total. The Hall–Kier alpha value is -3.53. The van der Waals surface area contributed by atoms with E-state index >= 15 is 0 Å². The first-order chi connectivity index (χ1) is 13.6. The van der Waals surface area contributed by atoms with Crippen LogP contribution in [-0.4, -0.2) is 10.9 Å². The highest BCUT2D eigenvalue weighted by Crippen LogP contribution is 2.26. The summed E-state index contributed by atoms with van der Waals surface area (Å²) >= 11 is 0. The highest BCUT2D eigenvalue weighted by Gasteiger charge is 2.14. The Bertz CT molecular complexity index is 1140. The summed E-state index contributed by atoms with van der Waals surface area (Å²) < 4.78 is 13.3. The summed E-state index contributed by atoms with van der Waals surface area (Å²) in [5, 5.41) is 3.79. The van der Waals surface area contributed by atoms with Crippen LogP contribution in [0, 0.1) is 12.7 Å². The van der Waals surface area contributed by atoms with E-state index in [1.807, 2.05) is 55.5 Å². The van der Waals surface area contributed by atoms with E-state index in [0.717, 1.165) is 27.6 Å². The Kier molecular flexibility index (Phi) is 4.85. The molecule has 0 bridgehead atoms. The number of hydrogen-bond donors (Lipinski definition) is 1. The van der Waals surface area contributed by atoms with Crippen molar-refractivity contribution in [1.82, 2.24) is 10.3 Å². The molecule has 4 rings (SSSR count). The fourth-order valence-corrected chi connectivity index (χ4v) is 3.17. The molecule has 0 spiro atoms. The highest BCUT2D eigenvalue weighted by molar-refractivity contribution is 6.07. The van der Waals surface area contributed by atoms with Gasteiger partial charge in [-0.25, -0.2) is 9.37 Å². The van der Waals surface area contributed by atoms with Crippen LogP contribution in [0.1, 0.15) is 21.5 Å². The summed E-state index contributed by atoms with van der Waals surface area (Å²) in [5.41, 5.74) is 4.79. The van der Waals surface area contributed by atoms with Crippen LogP contribution in [0.2, 0.25) is 0 Å². The molecule has 0 unspecified atom stereocenters. The average Bonchev–Trinajstić information content (AvgIpc) is 2.72. The van der Waals surface area contributed by atoms with Crippen LogP contribution in [0.15, 0.2) is 78.9 Å². The summed E-state index contributed by atoms with van der Waals surface area (Å²) in [7, 11) is 0. The smallest absolute Gasteiger partial charge is 0.252 e. The predicted octanol–water partition coefficient (Wildman–Crippen LogP) is 5.28. The van der Waals surface area contributed by atoms with E-state index in [1.54, 1.807) is 18.2 Å². The number of pyridine rings is 1. The quantitative estimate of drug-likeness (QED) is 0.531. The van der Waals surface area contributed by atoms with Crippen LogP contribution < -0.4 is 5.32 Å². The number of carbonyl (C=O) groups excluding carboxylic acids is 1. The van der Waals surface area contributed by atoms with Crippen molar-refractivity contribution < 1.29 is 9.18 Å². The van der Waals surface area contributed by atoms with Gasteiger partial charge in [0.15, 0.2) is 0 Å². The molecule has 1 amide bonds. The Balaban J connectivity index is 1.75. The van der Waals surface area contributed by atoms with Gasteiger partial charge in [-0.1, -0.05) is 42.0 Å². The lowest BCUT2D eigenvalue weighted by molar-refractivity contribution is 0.0952. The first-order valence-corrected chi connectivity index (χ1v) is 9.09. The number of aryl methyl sites for hydroxylation is 1. The minimum Gasteiger partial charge on any atom is -0.348 e. The van der Waals surface area contributed by atoms with Crippen LogP contribution in [0.3, 0.4) is 0 Å². The molecule has 0 fully saturated rings. The SMILES string of the molecule is Cc1ccc2nc(-c3ccc(F)cc3)cc(C(=O)NCc3ccccc3)c2c1. The predicted molar refractivity (Wildman–Crippen MR) is 109 cm³/mol. The lowest BCUT2D eigenvalue weighted by Crippen LogP contribution is -2.23. The van der Waals surface area contributed by atoms with Gasteiger partial charge in [-0.2, -0.15) is 0 Å². The first kappa shape index (κ1) is 17.9. The first-order valence-electron chi connectivity index (χ1n) is 9.09. The third-order valence-corrected chi connectivity index (χ3v) is 4.64. The number of carbonyl (C=O) groups is 1. The van der Waals surface area contributed by atoms with Crippen LogP contribution in [0.25, 0.3) is 22.2 Å². The number of benzene rings is 3. The van der Waals surface area contributed by atoms with Crippen LogP contribution in [-0.2, 0) is 6.54 Å². The molecule has 3 nitrogen and oxygen atoms in total. The Morgan fingerprint density at radius 2 is 1.71 bits per heavy atom. The summed E-state index contributed by atoms with van der Waals surface area (Å²) in [6.45, 7) is 2.43. The summed E-state index contributed by atoms with van der Waals surface area (Å²) in [4.78, 5) is 17.7. The largest absolute Gasteiger partial charge is 0.348 e. The zero-order valence-electron chi connectivity index (χ0n) is 15.4. The molecule has 0 aliphatic rings. The average molecular weight is 370 g/mol. The van der Waals surface area contributed by atoms with Gasteiger partial charge in [0.05, 0.1) is 16.8 Å². The highest BCUT2D eigenvalue weighted by atomic mass is 19.1. The maximum absolute atomic E-state index is 13.3. The standard InChI is InChI=1S/C24H19FN2O/c1-16-7-12-22-20(13-16)21(24(28)26-15-17-5-3-2-4-6-17)14-23(27-22)18-8-10-19(25)11-9-18/h2-14H,15H2,1H3,(H,26,28). The minimum atomic E-state index is -0.305. The number of nitrogens with zero attached hydrogens (tertiary/aromatic N) is 1. The molecular weight excluding hydrogens is 351 g/mol. The van der Waals surface area contributed by atoms with E-state index < -0.39 is 0 Å². The summed E-state index contributed by atoms with van der Waals surface area (Å²) in [6.07, 6.45) is 0. The third-order valence-electron chi connectivity index (χ3n) is 4.64. The van der Waals surface area contributed by atoms with Crippen molar-refractivity contribution in [2.75, 3.05) is 0 Å². The molecule has 1 heterocycles. The molecule has 0 aliphatic heterocycles. The molecular formula is C24H19FN2O. The fraction of sp³-hybridized carbons (Fsp3) is 0.0833. The summed E-state index contributed by atoms with van der Waals surface area (Å²) in [6, 6.07) is 23.5. The van der Waals surface area contributed by atoms with Crippen molar-refractivity contribution in [3.05, 3.63) is 101 Å². The van der Waals surface area contributed by atoms with Crippen LogP contribution in [0.4, 0.5) is 4.39 Å². The van der Waals surface area contributed by atoms with Crippen molar-refractivity contribution >= 4 is 16.8 Å². The van der Waals surface area contributed by atoms with E-state index in [-0.39, 0.29) is 11.7 Å². The van der Waals surface area contributed by atoms with E-state index in [2.05, 4.69) is 10.3 Å². The maximum Gasteiger partial charge on any atom is 0.252 e. The normalized spacial score (nSPS) is 10.8. The summed E-state index contributed by atoms with van der Waals surface area (Å²) in [5.74, 6) is -0.466. The Morgan fingerprint density at radius 1 is 0.964 bits per heavy atom. The van der Waals surface area contributed by atoms with E-state index in [1.165, 1.54) is 12.1 Å². The number of nitrogens with one attached hydrogen (secondary N) is 1. The molecule has 1 aromatic heterocycles. The number of amides is 1. The molecule has 28 heavy (non-hydrogen) atoms. The molecule has 0 saturated carbocycles.